The van der Waals surface area contributed by atoms with E-state index in [-0.39, 0.29) is 17.0 Å². The molecule has 2 aromatic carbocycles. The molecule has 1 aliphatic heterocycles. The number of hydrogen-bond donors (Lipinski definition) is 0. The van der Waals surface area contributed by atoms with Gasteiger partial charge in [0.25, 0.3) is 0 Å². The number of thioether (sulfide) groups is 1. The van der Waals surface area contributed by atoms with Crippen molar-refractivity contribution in [2.45, 2.75) is 23.8 Å². The number of nitrogens with zero attached hydrogens (tertiary/aromatic N) is 4. The maximum Gasteiger partial charge on any atom is 0.235 e. The second-order valence-electron chi connectivity index (χ2n) is 6.71. The highest BCUT2D eigenvalue weighted by Crippen LogP contribution is 2.34. The molecule has 4 rings (SSSR count). The van der Waals surface area contributed by atoms with Crippen LogP contribution in [-0.2, 0) is 4.79 Å². The SMILES string of the molecule is CCOc1ccc(-c2nnc(SC3CCN(C)C3=O)n2-c2ccccc2F)cc1. The first-order valence-electron chi connectivity index (χ1n) is 9.43. The number of carbonyl (C=O) groups excluding carboxylic acids is 1. The number of amides is 1. The van der Waals surface area contributed by atoms with E-state index in [1.807, 2.05) is 31.2 Å². The number of aromatic nitrogens is 3. The summed E-state index contributed by atoms with van der Waals surface area (Å²) in [5.74, 6) is 0.943. The summed E-state index contributed by atoms with van der Waals surface area (Å²) in [4.78, 5) is 14.1. The summed E-state index contributed by atoms with van der Waals surface area (Å²) in [5, 5.41) is 8.87. The highest BCUT2D eigenvalue weighted by atomic mass is 32.2. The molecular weight excluding hydrogens is 391 g/mol. The van der Waals surface area contributed by atoms with Gasteiger partial charge in [-0.05, 0) is 49.7 Å². The fraction of sp³-hybridized carbons (Fsp3) is 0.286. The molecule has 6 nitrogen and oxygen atoms in total. The van der Waals surface area contributed by atoms with Crippen LogP contribution in [0.5, 0.6) is 5.75 Å². The zero-order valence-electron chi connectivity index (χ0n) is 16.2. The average molecular weight is 412 g/mol. The predicted octanol–water partition coefficient (Wildman–Crippen LogP) is 3.79. The normalized spacial score (nSPS) is 16.4. The summed E-state index contributed by atoms with van der Waals surface area (Å²) >= 11 is 1.33. The molecule has 1 unspecified atom stereocenters. The first-order valence-corrected chi connectivity index (χ1v) is 10.3. The van der Waals surface area contributed by atoms with Crippen molar-refractivity contribution >= 4 is 17.7 Å². The topological polar surface area (TPSA) is 60.3 Å². The Morgan fingerprint density at radius 1 is 1.17 bits per heavy atom. The molecule has 0 aliphatic carbocycles. The van der Waals surface area contributed by atoms with Crippen molar-refractivity contribution in [1.29, 1.82) is 0 Å². The Hall–Kier alpha value is -2.87. The van der Waals surface area contributed by atoms with Crippen molar-refractivity contribution in [3.05, 3.63) is 54.3 Å². The van der Waals surface area contributed by atoms with Gasteiger partial charge in [0, 0.05) is 19.2 Å². The summed E-state index contributed by atoms with van der Waals surface area (Å²) in [6.07, 6.45) is 0.725. The monoisotopic (exact) mass is 412 g/mol. The lowest BCUT2D eigenvalue weighted by Crippen LogP contribution is -2.24. The van der Waals surface area contributed by atoms with Crippen LogP contribution in [0.1, 0.15) is 13.3 Å². The third-order valence-electron chi connectivity index (χ3n) is 4.78. The summed E-state index contributed by atoms with van der Waals surface area (Å²) in [6.45, 7) is 3.21. The molecule has 1 aliphatic rings. The molecule has 2 heterocycles. The molecule has 1 amide bonds. The molecule has 8 heteroatoms. The van der Waals surface area contributed by atoms with Gasteiger partial charge in [-0.1, -0.05) is 23.9 Å². The molecule has 0 saturated carbocycles. The van der Waals surface area contributed by atoms with Crippen LogP contribution >= 0.6 is 11.8 Å². The van der Waals surface area contributed by atoms with E-state index in [9.17, 15) is 9.18 Å². The van der Waals surface area contributed by atoms with E-state index in [2.05, 4.69) is 10.2 Å². The van der Waals surface area contributed by atoms with E-state index in [0.29, 0.717) is 29.8 Å². The Kier molecular flexibility index (Phi) is 5.53. The number of hydrogen-bond acceptors (Lipinski definition) is 5. The molecule has 0 N–H and O–H groups in total. The number of halogens is 1. The van der Waals surface area contributed by atoms with Gasteiger partial charge in [-0.25, -0.2) is 4.39 Å². The van der Waals surface area contributed by atoms with Crippen LogP contribution in [0.3, 0.4) is 0 Å². The van der Waals surface area contributed by atoms with Crippen LogP contribution in [0.25, 0.3) is 17.1 Å². The van der Waals surface area contributed by atoms with Gasteiger partial charge in [0.2, 0.25) is 5.91 Å². The van der Waals surface area contributed by atoms with Gasteiger partial charge in [0.15, 0.2) is 11.0 Å². The minimum Gasteiger partial charge on any atom is -0.494 e. The van der Waals surface area contributed by atoms with Gasteiger partial charge < -0.3 is 9.64 Å². The smallest absolute Gasteiger partial charge is 0.235 e. The van der Waals surface area contributed by atoms with Crippen molar-refractivity contribution < 1.29 is 13.9 Å². The molecule has 0 bridgehead atoms. The number of carbonyl (C=O) groups is 1. The molecule has 29 heavy (non-hydrogen) atoms. The Bertz CT molecular complexity index is 1020. The van der Waals surface area contributed by atoms with Gasteiger partial charge >= 0.3 is 0 Å². The summed E-state index contributed by atoms with van der Waals surface area (Å²) < 4.78 is 21.8. The van der Waals surface area contributed by atoms with Crippen LogP contribution in [0.15, 0.2) is 53.7 Å². The molecule has 1 atom stereocenters. The Labute approximate surface area is 172 Å². The van der Waals surface area contributed by atoms with E-state index in [4.69, 9.17) is 4.74 Å². The Balaban J connectivity index is 1.77. The van der Waals surface area contributed by atoms with Crippen LogP contribution in [0.2, 0.25) is 0 Å². The number of likely N-dealkylation sites (tertiary alicyclic amines) is 1. The second kappa shape index (κ2) is 8.24. The molecule has 0 spiro atoms. The van der Waals surface area contributed by atoms with Gasteiger partial charge in [-0.3, -0.25) is 9.36 Å². The van der Waals surface area contributed by atoms with Crippen molar-refractivity contribution in [3.8, 4) is 22.8 Å². The van der Waals surface area contributed by atoms with Crippen molar-refractivity contribution in [2.24, 2.45) is 0 Å². The number of benzene rings is 2. The second-order valence-corrected chi connectivity index (χ2v) is 7.88. The Morgan fingerprint density at radius 2 is 1.93 bits per heavy atom. The van der Waals surface area contributed by atoms with E-state index >= 15 is 0 Å². The lowest BCUT2D eigenvalue weighted by molar-refractivity contribution is -0.126. The molecule has 150 valence electrons. The fourth-order valence-corrected chi connectivity index (χ4v) is 4.41. The zero-order valence-corrected chi connectivity index (χ0v) is 17.0. The summed E-state index contributed by atoms with van der Waals surface area (Å²) in [6, 6.07) is 13.9. The molecule has 0 radical (unpaired) electrons. The van der Waals surface area contributed by atoms with E-state index in [1.165, 1.54) is 17.8 Å². The van der Waals surface area contributed by atoms with Crippen molar-refractivity contribution in [3.63, 3.8) is 0 Å². The Morgan fingerprint density at radius 3 is 2.59 bits per heavy atom. The van der Waals surface area contributed by atoms with Crippen LogP contribution in [0, 0.1) is 5.82 Å². The van der Waals surface area contributed by atoms with E-state index in [0.717, 1.165) is 17.7 Å². The van der Waals surface area contributed by atoms with Gasteiger partial charge in [-0.15, -0.1) is 10.2 Å². The van der Waals surface area contributed by atoms with E-state index < -0.39 is 0 Å². The molecule has 3 aromatic rings. The average Bonchev–Trinajstić information content (AvgIpc) is 3.28. The van der Waals surface area contributed by atoms with Crippen molar-refractivity contribution in [2.75, 3.05) is 20.2 Å². The van der Waals surface area contributed by atoms with Crippen LogP contribution in [-0.4, -0.2) is 51.0 Å². The van der Waals surface area contributed by atoms with Crippen LogP contribution < -0.4 is 4.74 Å². The number of rotatable bonds is 6. The highest BCUT2D eigenvalue weighted by Gasteiger charge is 2.32. The van der Waals surface area contributed by atoms with Gasteiger partial charge in [-0.2, -0.15) is 0 Å². The molecule has 1 fully saturated rings. The van der Waals surface area contributed by atoms with E-state index in [1.54, 1.807) is 34.7 Å². The lowest BCUT2D eigenvalue weighted by atomic mass is 10.2. The van der Waals surface area contributed by atoms with Crippen LogP contribution in [0.4, 0.5) is 4.39 Å². The van der Waals surface area contributed by atoms with Crippen molar-refractivity contribution in [1.82, 2.24) is 19.7 Å². The maximum atomic E-state index is 14.7. The molecular formula is C21H21FN4O2S. The number of ether oxygens (including phenoxy) is 1. The standard InChI is InChI=1S/C21H21FN4O2S/c1-3-28-15-10-8-14(9-11-15)19-23-24-21(29-18-12-13-25(2)20(18)27)26(19)17-7-5-4-6-16(17)22/h4-11,18H,3,12-13H2,1-2H3. The van der Waals surface area contributed by atoms with Gasteiger partial charge in [0.1, 0.15) is 11.6 Å². The largest absolute Gasteiger partial charge is 0.494 e. The predicted molar refractivity (Wildman–Crippen MR) is 110 cm³/mol. The third kappa shape index (κ3) is 3.85. The number of para-hydroxylation sites is 1. The molecule has 1 aromatic heterocycles. The summed E-state index contributed by atoms with van der Waals surface area (Å²) in [5.41, 5.74) is 1.13. The minimum absolute atomic E-state index is 0.0562. The minimum atomic E-state index is -0.379. The first kappa shape index (κ1) is 19.4. The first-order chi connectivity index (χ1) is 14.1. The maximum absolute atomic E-state index is 14.7. The third-order valence-corrected chi connectivity index (χ3v) is 5.97. The fourth-order valence-electron chi connectivity index (χ4n) is 3.28. The quantitative estimate of drug-likeness (QED) is 0.616. The lowest BCUT2D eigenvalue weighted by Gasteiger charge is -2.13. The molecule has 1 saturated heterocycles. The highest BCUT2D eigenvalue weighted by molar-refractivity contribution is 8.00. The zero-order chi connectivity index (χ0) is 20.4. The van der Waals surface area contributed by atoms with Gasteiger partial charge in [0.05, 0.1) is 17.5 Å². The summed E-state index contributed by atoms with van der Waals surface area (Å²) in [7, 11) is 1.79.